The van der Waals surface area contributed by atoms with E-state index < -0.39 is 0 Å². The van der Waals surface area contributed by atoms with Gasteiger partial charge in [-0.25, -0.2) is 0 Å². The SMILES string of the molecule is Clc1ccccc1-c1nn2c(CSCc3ccccc3)nnc2s1. The molecule has 0 saturated carbocycles. The van der Waals surface area contributed by atoms with Gasteiger partial charge >= 0.3 is 0 Å². The second-order valence-electron chi connectivity index (χ2n) is 5.18. The summed E-state index contributed by atoms with van der Waals surface area (Å²) in [5.41, 5.74) is 2.23. The molecule has 0 fully saturated rings. The zero-order chi connectivity index (χ0) is 16.4. The molecular formula is C17H13ClN4S2. The fourth-order valence-corrected chi connectivity index (χ4v) is 4.40. The summed E-state index contributed by atoms with van der Waals surface area (Å²) < 4.78 is 1.82. The number of rotatable bonds is 5. The molecule has 0 radical (unpaired) electrons. The van der Waals surface area contributed by atoms with Crippen LogP contribution in [-0.2, 0) is 11.5 Å². The van der Waals surface area contributed by atoms with E-state index in [-0.39, 0.29) is 0 Å². The first-order valence-electron chi connectivity index (χ1n) is 7.39. The Labute approximate surface area is 152 Å². The van der Waals surface area contributed by atoms with Gasteiger partial charge in [0.25, 0.3) is 0 Å². The summed E-state index contributed by atoms with van der Waals surface area (Å²) in [4.78, 5) is 0.792. The van der Waals surface area contributed by atoms with Crippen LogP contribution < -0.4 is 0 Å². The Balaban J connectivity index is 1.53. The normalized spacial score (nSPS) is 11.2. The monoisotopic (exact) mass is 372 g/mol. The zero-order valence-electron chi connectivity index (χ0n) is 12.6. The van der Waals surface area contributed by atoms with Gasteiger partial charge in [-0.3, -0.25) is 0 Å². The van der Waals surface area contributed by atoms with Crippen LogP contribution in [0, 0.1) is 0 Å². The number of nitrogens with zero attached hydrogens (tertiary/aromatic N) is 4. The number of hydrogen-bond donors (Lipinski definition) is 0. The Bertz CT molecular complexity index is 965. The number of hydrogen-bond acceptors (Lipinski definition) is 5. The molecule has 0 N–H and O–H groups in total. The lowest BCUT2D eigenvalue weighted by atomic mass is 10.2. The second-order valence-corrected chi connectivity index (χ2v) is 7.52. The van der Waals surface area contributed by atoms with Gasteiger partial charge in [0.2, 0.25) is 4.96 Å². The smallest absolute Gasteiger partial charge is 0.186 e. The highest BCUT2D eigenvalue weighted by molar-refractivity contribution is 7.97. The van der Waals surface area contributed by atoms with E-state index in [1.54, 1.807) is 11.8 Å². The predicted molar refractivity (Wildman–Crippen MR) is 101 cm³/mol. The molecule has 0 aliphatic carbocycles. The van der Waals surface area contributed by atoms with Crippen molar-refractivity contribution in [2.24, 2.45) is 0 Å². The third kappa shape index (κ3) is 3.17. The van der Waals surface area contributed by atoms with E-state index in [9.17, 15) is 0 Å². The van der Waals surface area contributed by atoms with Gasteiger partial charge in [-0.2, -0.15) is 9.61 Å². The van der Waals surface area contributed by atoms with Gasteiger partial charge in [0.15, 0.2) is 5.82 Å². The molecule has 0 atom stereocenters. The third-order valence-electron chi connectivity index (χ3n) is 3.50. The van der Waals surface area contributed by atoms with Gasteiger partial charge in [-0.15, -0.1) is 22.0 Å². The minimum atomic E-state index is 0.697. The van der Waals surface area contributed by atoms with Crippen LogP contribution in [-0.4, -0.2) is 19.8 Å². The van der Waals surface area contributed by atoms with Crippen molar-refractivity contribution in [3.8, 4) is 10.6 Å². The summed E-state index contributed by atoms with van der Waals surface area (Å²) in [6, 6.07) is 18.1. The van der Waals surface area contributed by atoms with Crippen LogP contribution in [0.4, 0.5) is 0 Å². The molecule has 120 valence electrons. The third-order valence-corrected chi connectivity index (χ3v) is 5.76. The number of halogens is 1. The number of thioether (sulfide) groups is 1. The van der Waals surface area contributed by atoms with Crippen LogP contribution in [0.2, 0.25) is 5.02 Å². The van der Waals surface area contributed by atoms with E-state index >= 15 is 0 Å². The quantitative estimate of drug-likeness (QED) is 0.497. The van der Waals surface area contributed by atoms with Crippen LogP contribution in [0.25, 0.3) is 15.5 Å². The fraction of sp³-hybridized carbons (Fsp3) is 0.118. The summed E-state index contributed by atoms with van der Waals surface area (Å²) in [7, 11) is 0. The molecule has 4 nitrogen and oxygen atoms in total. The van der Waals surface area contributed by atoms with Crippen LogP contribution in [0.1, 0.15) is 11.4 Å². The molecule has 24 heavy (non-hydrogen) atoms. The van der Waals surface area contributed by atoms with Gasteiger partial charge in [0, 0.05) is 11.3 Å². The Morgan fingerprint density at radius 3 is 2.58 bits per heavy atom. The standard InChI is InChI=1S/C17H13ClN4S2/c18-14-9-5-4-8-13(14)16-21-22-15(19-20-17(22)24-16)11-23-10-12-6-2-1-3-7-12/h1-9H,10-11H2. The Morgan fingerprint density at radius 2 is 1.75 bits per heavy atom. The molecule has 0 amide bonds. The fourth-order valence-electron chi connectivity index (χ4n) is 2.33. The summed E-state index contributed by atoms with van der Waals surface area (Å²) >= 11 is 9.56. The topological polar surface area (TPSA) is 43.1 Å². The van der Waals surface area contributed by atoms with E-state index in [2.05, 4.69) is 39.6 Å². The van der Waals surface area contributed by atoms with Crippen molar-refractivity contribution in [1.29, 1.82) is 0 Å². The summed E-state index contributed by atoms with van der Waals surface area (Å²) in [5, 5.41) is 14.7. The van der Waals surface area contributed by atoms with Gasteiger partial charge < -0.3 is 0 Å². The van der Waals surface area contributed by atoms with E-state index in [0.717, 1.165) is 32.9 Å². The molecule has 0 bridgehead atoms. The van der Waals surface area contributed by atoms with Crippen LogP contribution >= 0.6 is 34.7 Å². The van der Waals surface area contributed by atoms with Crippen molar-refractivity contribution in [1.82, 2.24) is 19.8 Å². The van der Waals surface area contributed by atoms with E-state index in [4.69, 9.17) is 11.6 Å². The predicted octanol–water partition coefficient (Wildman–Crippen LogP) is 4.94. The van der Waals surface area contributed by atoms with E-state index in [0.29, 0.717) is 5.02 Å². The molecule has 0 saturated heterocycles. The largest absolute Gasteiger partial charge is 0.235 e. The van der Waals surface area contributed by atoms with Crippen molar-refractivity contribution in [3.63, 3.8) is 0 Å². The maximum atomic E-state index is 6.26. The maximum Gasteiger partial charge on any atom is 0.235 e. The highest BCUT2D eigenvalue weighted by Gasteiger charge is 2.14. The van der Waals surface area contributed by atoms with E-state index in [1.807, 2.05) is 34.8 Å². The van der Waals surface area contributed by atoms with Crippen LogP contribution in [0.15, 0.2) is 54.6 Å². The molecule has 0 spiro atoms. The van der Waals surface area contributed by atoms with Crippen LogP contribution in [0.3, 0.4) is 0 Å². The molecule has 2 aromatic heterocycles. The first-order valence-corrected chi connectivity index (χ1v) is 9.74. The Kier molecular flexibility index (Phi) is 4.51. The van der Waals surface area contributed by atoms with Crippen molar-refractivity contribution in [3.05, 3.63) is 71.0 Å². The molecule has 2 heterocycles. The van der Waals surface area contributed by atoms with Crippen molar-refractivity contribution in [2.75, 3.05) is 0 Å². The zero-order valence-corrected chi connectivity index (χ0v) is 15.0. The average Bonchev–Trinajstić information content (AvgIpc) is 3.18. The molecule has 4 rings (SSSR count). The van der Waals surface area contributed by atoms with E-state index in [1.165, 1.54) is 16.9 Å². The minimum Gasteiger partial charge on any atom is -0.186 e. The lowest BCUT2D eigenvalue weighted by molar-refractivity contribution is 0.887. The Hall–Kier alpha value is -1.89. The van der Waals surface area contributed by atoms with Crippen molar-refractivity contribution >= 4 is 39.7 Å². The molecule has 0 aliphatic heterocycles. The molecular weight excluding hydrogens is 360 g/mol. The Morgan fingerprint density at radius 1 is 0.958 bits per heavy atom. The molecule has 0 aliphatic rings. The van der Waals surface area contributed by atoms with Gasteiger partial charge in [0.1, 0.15) is 5.01 Å². The summed E-state index contributed by atoms with van der Waals surface area (Å²) in [6.45, 7) is 0. The van der Waals surface area contributed by atoms with Gasteiger partial charge in [-0.1, -0.05) is 71.5 Å². The summed E-state index contributed by atoms with van der Waals surface area (Å²) in [6.07, 6.45) is 0. The number of fused-ring (bicyclic) bond motifs is 1. The lowest BCUT2D eigenvalue weighted by Gasteiger charge is -2.00. The molecule has 0 unspecified atom stereocenters. The summed E-state index contributed by atoms with van der Waals surface area (Å²) in [5.74, 6) is 2.57. The highest BCUT2D eigenvalue weighted by Crippen LogP contribution is 2.31. The average molecular weight is 373 g/mol. The first kappa shape index (κ1) is 15.6. The highest BCUT2D eigenvalue weighted by atomic mass is 35.5. The lowest BCUT2D eigenvalue weighted by Crippen LogP contribution is -1.94. The molecule has 7 heteroatoms. The van der Waals surface area contributed by atoms with Crippen molar-refractivity contribution < 1.29 is 0 Å². The van der Waals surface area contributed by atoms with Gasteiger partial charge in [-0.05, 0) is 11.6 Å². The number of benzene rings is 2. The maximum absolute atomic E-state index is 6.26. The first-order chi connectivity index (χ1) is 11.8. The van der Waals surface area contributed by atoms with Gasteiger partial charge in [0.05, 0.1) is 10.8 Å². The van der Waals surface area contributed by atoms with Crippen molar-refractivity contribution in [2.45, 2.75) is 11.5 Å². The molecule has 2 aromatic carbocycles. The number of aromatic nitrogens is 4. The molecule has 4 aromatic rings. The second kappa shape index (κ2) is 6.93. The minimum absolute atomic E-state index is 0.697. The van der Waals surface area contributed by atoms with Crippen LogP contribution in [0.5, 0.6) is 0 Å².